The van der Waals surface area contributed by atoms with E-state index >= 15 is 0 Å². The third-order valence-electron chi connectivity index (χ3n) is 3.01. The zero-order valence-corrected chi connectivity index (χ0v) is 14.8. The molecule has 0 atom stereocenters. The maximum atomic E-state index is 11.9. The SMILES string of the molecule is CN(C)c1ccc(C=CC(=O)Oc2cc(Cl)c(Cl)cc2Cl)cc1. The summed E-state index contributed by atoms with van der Waals surface area (Å²) in [6, 6.07) is 10.6. The second-order valence-electron chi connectivity index (χ2n) is 4.94. The van der Waals surface area contributed by atoms with Crippen LogP contribution in [-0.4, -0.2) is 20.1 Å². The van der Waals surface area contributed by atoms with Gasteiger partial charge in [0.05, 0.1) is 15.1 Å². The van der Waals surface area contributed by atoms with Crippen molar-refractivity contribution >= 4 is 52.5 Å². The van der Waals surface area contributed by atoms with Gasteiger partial charge in [-0.3, -0.25) is 0 Å². The summed E-state index contributed by atoms with van der Waals surface area (Å²) in [7, 11) is 3.92. The Bertz CT molecular complexity index is 740. The van der Waals surface area contributed by atoms with Gasteiger partial charge < -0.3 is 9.64 Å². The number of rotatable bonds is 4. The molecule has 0 N–H and O–H groups in total. The fraction of sp³-hybridized carbons (Fsp3) is 0.118. The van der Waals surface area contributed by atoms with E-state index < -0.39 is 5.97 Å². The van der Waals surface area contributed by atoms with Crippen LogP contribution in [0.3, 0.4) is 0 Å². The second kappa shape index (κ2) is 7.73. The maximum absolute atomic E-state index is 11.9. The number of nitrogens with zero attached hydrogens (tertiary/aromatic N) is 1. The van der Waals surface area contributed by atoms with Crippen LogP contribution in [0.4, 0.5) is 5.69 Å². The molecular weight excluding hydrogens is 357 g/mol. The van der Waals surface area contributed by atoms with E-state index in [-0.39, 0.29) is 15.8 Å². The number of benzene rings is 2. The Hall–Kier alpha value is -1.68. The molecule has 3 nitrogen and oxygen atoms in total. The number of anilines is 1. The molecule has 0 fully saturated rings. The van der Waals surface area contributed by atoms with Crippen LogP contribution in [-0.2, 0) is 4.79 Å². The molecule has 6 heteroatoms. The molecular formula is C17H14Cl3NO2. The minimum absolute atomic E-state index is 0.165. The summed E-state index contributed by atoms with van der Waals surface area (Å²) in [6.07, 6.45) is 2.98. The molecule has 0 aliphatic carbocycles. The summed E-state index contributed by atoms with van der Waals surface area (Å²) in [5.74, 6) is -0.388. The van der Waals surface area contributed by atoms with E-state index in [9.17, 15) is 4.79 Å². The van der Waals surface area contributed by atoms with Crippen molar-refractivity contribution in [2.45, 2.75) is 0 Å². The molecule has 0 bridgehead atoms. The molecule has 0 saturated heterocycles. The van der Waals surface area contributed by atoms with Crippen molar-refractivity contribution < 1.29 is 9.53 Å². The van der Waals surface area contributed by atoms with Gasteiger partial charge in [-0.2, -0.15) is 0 Å². The molecule has 0 spiro atoms. The Kier molecular flexibility index (Phi) is 5.94. The Labute approximate surface area is 150 Å². The summed E-state index contributed by atoms with van der Waals surface area (Å²) in [5.41, 5.74) is 1.96. The van der Waals surface area contributed by atoms with Gasteiger partial charge in [-0.15, -0.1) is 0 Å². The van der Waals surface area contributed by atoms with Gasteiger partial charge in [-0.05, 0) is 29.8 Å². The molecule has 0 saturated carbocycles. The number of halogens is 3. The van der Waals surface area contributed by atoms with Crippen LogP contribution >= 0.6 is 34.8 Å². The van der Waals surface area contributed by atoms with Gasteiger partial charge in [-0.1, -0.05) is 46.9 Å². The number of esters is 1. The van der Waals surface area contributed by atoms with Crippen LogP contribution in [0, 0.1) is 0 Å². The van der Waals surface area contributed by atoms with Crippen LogP contribution in [0.2, 0.25) is 15.1 Å². The smallest absolute Gasteiger partial charge is 0.336 e. The zero-order chi connectivity index (χ0) is 17.0. The van der Waals surface area contributed by atoms with E-state index in [2.05, 4.69) is 0 Å². The number of carbonyl (C=O) groups excluding carboxylic acids is 1. The molecule has 0 aliphatic rings. The third-order valence-corrected chi connectivity index (χ3v) is 4.02. The highest BCUT2D eigenvalue weighted by Gasteiger charge is 2.09. The fourth-order valence-electron chi connectivity index (χ4n) is 1.77. The first-order valence-electron chi connectivity index (χ1n) is 6.68. The molecule has 23 heavy (non-hydrogen) atoms. The van der Waals surface area contributed by atoms with Gasteiger partial charge in [0.25, 0.3) is 0 Å². The first-order valence-corrected chi connectivity index (χ1v) is 7.82. The Morgan fingerprint density at radius 1 is 1.00 bits per heavy atom. The van der Waals surface area contributed by atoms with E-state index in [0.717, 1.165) is 11.3 Å². The molecule has 2 rings (SSSR count). The summed E-state index contributed by atoms with van der Waals surface area (Å²) in [5, 5.41) is 0.784. The molecule has 0 radical (unpaired) electrons. The average molecular weight is 371 g/mol. The van der Waals surface area contributed by atoms with Gasteiger partial charge in [0.1, 0.15) is 0 Å². The number of carbonyl (C=O) groups is 1. The Balaban J connectivity index is 2.06. The van der Waals surface area contributed by atoms with Crippen molar-refractivity contribution in [3.05, 3.63) is 63.1 Å². The Morgan fingerprint density at radius 3 is 2.22 bits per heavy atom. The molecule has 0 heterocycles. The molecule has 2 aromatic rings. The van der Waals surface area contributed by atoms with Gasteiger partial charge in [-0.25, -0.2) is 4.79 Å². The van der Waals surface area contributed by atoms with Crippen LogP contribution in [0.25, 0.3) is 6.08 Å². The van der Waals surface area contributed by atoms with Crippen LogP contribution in [0.1, 0.15) is 5.56 Å². The van der Waals surface area contributed by atoms with E-state index in [1.807, 2.05) is 43.3 Å². The van der Waals surface area contributed by atoms with Crippen LogP contribution < -0.4 is 9.64 Å². The maximum Gasteiger partial charge on any atom is 0.336 e. The van der Waals surface area contributed by atoms with Crippen molar-refractivity contribution in [2.75, 3.05) is 19.0 Å². The molecule has 0 aliphatic heterocycles. The third kappa shape index (κ3) is 4.90. The molecule has 0 unspecified atom stereocenters. The van der Waals surface area contributed by atoms with E-state index in [1.54, 1.807) is 6.08 Å². The molecule has 2 aromatic carbocycles. The largest absolute Gasteiger partial charge is 0.422 e. The van der Waals surface area contributed by atoms with Crippen LogP contribution in [0.5, 0.6) is 5.75 Å². The normalized spacial score (nSPS) is 10.8. The highest BCUT2D eigenvalue weighted by molar-refractivity contribution is 6.43. The first-order chi connectivity index (χ1) is 10.9. The van der Waals surface area contributed by atoms with E-state index in [0.29, 0.717) is 5.02 Å². The number of ether oxygens (including phenoxy) is 1. The standard InChI is InChI=1S/C17H14Cl3NO2/c1-21(2)12-6-3-11(4-7-12)5-8-17(22)23-16-10-14(19)13(18)9-15(16)20/h3-10H,1-2H3. The average Bonchev–Trinajstić information content (AvgIpc) is 2.51. The lowest BCUT2D eigenvalue weighted by atomic mass is 10.2. The van der Waals surface area contributed by atoms with Crippen molar-refractivity contribution in [1.29, 1.82) is 0 Å². The topological polar surface area (TPSA) is 29.5 Å². The van der Waals surface area contributed by atoms with Crippen molar-refractivity contribution in [2.24, 2.45) is 0 Å². The van der Waals surface area contributed by atoms with Crippen molar-refractivity contribution in [1.82, 2.24) is 0 Å². The quantitative estimate of drug-likeness (QED) is 0.315. The minimum Gasteiger partial charge on any atom is -0.422 e. The lowest BCUT2D eigenvalue weighted by molar-refractivity contribution is -0.128. The van der Waals surface area contributed by atoms with Gasteiger partial charge in [0.15, 0.2) is 5.75 Å². The lowest BCUT2D eigenvalue weighted by Gasteiger charge is -2.11. The van der Waals surface area contributed by atoms with Gasteiger partial charge in [0, 0.05) is 31.9 Å². The van der Waals surface area contributed by atoms with Crippen LogP contribution in [0.15, 0.2) is 42.5 Å². The van der Waals surface area contributed by atoms with E-state index in [1.165, 1.54) is 18.2 Å². The fourth-order valence-corrected chi connectivity index (χ4v) is 2.35. The number of hydrogen-bond acceptors (Lipinski definition) is 3. The molecule has 0 aromatic heterocycles. The summed E-state index contributed by atoms with van der Waals surface area (Å²) in [4.78, 5) is 13.9. The molecule has 0 amide bonds. The molecule has 120 valence electrons. The van der Waals surface area contributed by atoms with E-state index in [4.69, 9.17) is 39.5 Å². The lowest BCUT2D eigenvalue weighted by Crippen LogP contribution is -2.08. The minimum atomic E-state index is -0.554. The van der Waals surface area contributed by atoms with Gasteiger partial charge >= 0.3 is 5.97 Å². The highest BCUT2D eigenvalue weighted by Crippen LogP contribution is 2.33. The summed E-state index contributed by atoms with van der Waals surface area (Å²) >= 11 is 17.7. The number of hydrogen-bond donors (Lipinski definition) is 0. The van der Waals surface area contributed by atoms with Gasteiger partial charge in [0.2, 0.25) is 0 Å². The van der Waals surface area contributed by atoms with Crippen molar-refractivity contribution in [3.63, 3.8) is 0 Å². The second-order valence-corrected chi connectivity index (χ2v) is 6.16. The monoisotopic (exact) mass is 369 g/mol. The predicted octanol–water partition coefficient (Wildman–Crippen LogP) is 5.33. The van der Waals surface area contributed by atoms with Crippen molar-refractivity contribution in [3.8, 4) is 5.75 Å². The summed E-state index contributed by atoms with van der Waals surface area (Å²) in [6.45, 7) is 0. The predicted molar refractivity (Wildman–Crippen MR) is 96.9 cm³/mol. The summed E-state index contributed by atoms with van der Waals surface area (Å²) < 4.78 is 5.16. The highest BCUT2D eigenvalue weighted by atomic mass is 35.5. The zero-order valence-electron chi connectivity index (χ0n) is 12.5. The first kappa shape index (κ1) is 17.7. The Morgan fingerprint density at radius 2 is 1.61 bits per heavy atom.